The molecule has 1 aliphatic heterocycles. The molecule has 8 nitrogen and oxygen atoms in total. The molecule has 178 valence electrons. The van der Waals surface area contributed by atoms with Gasteiger partial charge in [0.15, 0.2) is 5.60 Å². The minimum atomic E-state index is -1.58. The van der Waals surface area contributed by atoms with Crippen LogP contribution in [0.25, 0.3) is 11.5 Å². The number of hydrogen-bond acceptors (Lipinski definition) is 6. The van der Waals surface area contributed by atoms with Crippen LogP contribution in [0, 0.1) is 0 Å². The van der Waals surface area contributed by atoms with E-state index in [4.69, 9.17) is 16.0 Å². The minimum Gasteiger partial charge on any atom is -0.420 e. The number of aromatic nitrogens is 2. The lowest BCUT2D eigenvalue weighted by Crippen LogP contribution is -2.48. The van der Waals surface area contributed by atoms with Gasteiger partial charge in [-0.25, -0.2) is 0 Å². The third-order valence-corrected chi connectivity index (χ3v) is 6.49. The van der Waals surface area contributed by atoms with Crippen molar-refractivity contribution in [1.82, 2.24) is 20.0 Å². The highest BCUT2D eigenvalue weighted by Gasteiger charge is 2.38. The summed E-state index contributed by atoms with van der Waals surface area (Å²) in [6, 6.07) is 14.0. The molecule has 1 aliphatic rings. The highest BCUT2D eigenvalue weighted by atomic mass is 35.5. The topological polar surface area (TPSA) is 99.8 Å². The summed E-state index contributed by atoms with van der Waals surface area (Å²) in [5.41, 5.74) is 0.0234. The third kappa shape index (κ3) is 4.69. The van der Waals surface area contributed by atoms with Crippen molar-refractivity contribution >= 4 is 23.4 Å². The zero-order chi connectivity index (χ0) is 24.5. The van der Waals surface area contributed by atoms with Crippen LogP contribution in [0.2, 0.25) is 5.02 Å². The van der Waals surface area contributed by atoms with E-state index in [2.05, 4.69) is 10.2 Å². The van der Waals surface area contributed by atoms with Crippen LogP contribution in [0.3, 0.4) is 0 Å². The molecule has 1 saturated heterocycles. The van der Waals surface area contributed by atoms with Crippen molar-refractivity contribution < 1.29 is 19.1 Å². The molecule has 9 heteroatoms. The van der Waals surface area contributed by atoms with Gasteiger partial charge in [-0.1, -0.05) is 41.9 Å². The number of carbonyl (C=O) groups is 2. The Kier molecular flexibility index (Phi) is 6.72. The monoisotopic (exact) mass is 482 g/mol. The molecule has 2 amide bonds. The van der Waals surface area contributed by atoms with Crippen molar-refractivity contribution in [3.63, 3.8) is 0 Å². The number of rotatable bonds is 5. The van der Waals surface area contributed by atoms with Gasteiger partial charge in [-0.15, -0.1) is 10.2 Å². The first-order valence-corrected chi connectivity index (χ1v) is 11.5. The Hall–Kier alpha value is -3.23. The Morgan fingerprint density at radius 1 is 1.12 bits per heavy atom. The number of nitrogens with zero attached hydrogens (tertiary/aromatic N) is 4. The van der Waals surface area contributed by atoms with E-state index in [0.717, 1.165) is 0 Å². The number of likely N-dealkylation sites (tertiary alicyclic amines) is 1. The van der Waals surface area contributed by atoms with Crippen molar-refractivity contribution in [1.29, 1.82) is 0 Å². The van der Waals surface area contributed by atoms with Gasteiger partial charge < -0.3 is 19.3 Å². The van der Waals surface area contributed by atoms with Crippen LogP contribution in [0.1, 0.15) is 47.5 Å². The van der Waals surface area contributed by atoms with E-state index >= 15 is 0 Å². The lowest BCUT2D eigenvalue weighted by Gasteiger charge is -2.35. The van der Waals surface area contributed by atoms with Crippen LogP contribution < -0.4 is 0 Å². The first-order valence-electron chi connectivity index (χ1n) is 11.1. The Morgan fingerprint density at radius 3 is 2.41 bits per heavy atom. The fraction of sp³-hybridized carbons (Fsp3) is 0.360. The van der Waals surface area contributed by atoms with Crippen LogP contribution in [-0.2, 0) is 10.4 Å². The fourth-order valence-corrected chi connectivity index (χ4v) is 4.36. The number of carbonyl (C=O) groups excluding carboxylic acids is 2. The maximum Gasteiger partial charge on any atom is 0.258 e. The molecule has 0 radical (unpaired) electrons. The molecule has 0 saturated carbocycles. The van der Waals surface area contributed by atoms with E-state index in [0.29, 0.717) is 59.4 Å². The highest BCUT2D eigenvalue weighted by molar-refractivity contribution is 6.34. The largest absolute Gasteiger partial charge is 0.420 e. The highest BCUT2D eigenvalue weighted by Crippen LogP contribution is 2.32. The quantitative estimate of drug-likeness (QED) is 0.595. The Morgan fingerprint density at radius 2 is 1.79 bits per heavy atom. The van der Waals surface area contributed by atoms with E-state index < -0.39 is 5.60 Å². The zero-order valence-corrected chi connectivity index (χ0v) is 20.1. The zero-order valence-electron chi connectivity index (χ0n) is 19.4. The summed E-state index contributed by atoms with van der Waals surface area (Å²) in [6.45, 7) is 2.50. The average Bonchev–Trinajstić information content (AvgIpc) is 3.34. The van der Waals surface area contributed by atoms with Crippen molar-refractivity contribution in [2.75, 3.05) is 27.2 Å². The van der Waals surface area contributed by atoms with Crippen LogP contribution in [0.5, 0.6) is 0 Å². The van der Waals surface area contributed by atoms with Gasteiger partial charge >= 0.3 is 0 Å². The first-order chi connectivity index (χ1) is 16.2. The number of hydrogen-bond donors (Lipinski definition) is 1. The molecule has 3 aromatic rings. The van der Waals surface area contributed by atoms with E-state index in [-0.39, 0.29) is 17.7 Å². The van der Waals surface area contributed by atoms with Crippen LogP contribution in [-0.4, -0.2) is 64.1 Å². The number of halogens is 1. The van der Waals surface area contributed by atoms with Crippen LogP contribution in [0.15, 0.2) is 52.9 Å². The minimum absolute atomic E-state index is 0.0111. The Balaban J connectivity index is 1.42. The molecule has 2 heterocycles. The molecular formula is C25H27ClN4O4. The molecule has 1 atom stereocenters. The lowest BCUT2D eigenvalue weighted by molar-refractivity contribution is -0.151. The lowest BCUT2D eigenvalue weighted by atomic mass is 9.91. The van der Waals surface area contributed by atoms with Gasteiger partial charge in [0, 0.05) is 38.7 Å². The molecule has 0 spiro atoms. The third-order valence-electron chi connectivity index (χ3n) is 6.18. The van der Waals surface area contributed by atoms with E-state index in [1.54, 1.807) is 61.5 Å². The van der Waals surface area contributed by atoms with Gasteiger partial charge in [-0.3, -0.25) is 9.59 Å². The van der Waals surface area contributed by atoms with Gasteiger partial charge in [-0.05, 0) is 43.5 Å². The van der Waals surface area contributed by atoms with Gasteiger partial charge in [-0.2, -0.15) is 0 Å². The van der Waals surface area contributed by atoms with E-state index in [9.17, 15) is 14.7 Å². The van der Waals surface area contributed by atoms with Gasteiger partial charge in [0.2, 0.25) is 11.8 Å². The van der Waals surface area contributed by atoms with Gasteiger partial charge in [0.25, 0.3) is 11.8 Å². The van der Waals surface area contributed by atoms with Crippen LogP contribution in [0.4, 0.5) is 0 Å². The normalized spacial score (nSPS) is 16.2. The summed E-state index contributed by atoms with van der Waals surface area (Å²) in [4.78, 5) is 28.3. The number of piperidine rings is 1. The molecule has 4 rings (SSSR count). The summed E-state index contributed by atoms with van der Waals surface area (Å²) < 4.78 is 5.92. The standard InChI is InChI=1S/C25H27ClN4O4/c1-25(33,18-7-5-4-6-8-18)24(32)30-13-11-16(12-14-30)21-27-28-22(34-21)17-9-10-19(20(26)15-17)23(31)29(2)3/h4-10,15-16,33H,11-14H2,1-3H3/t25-/m0/s1. The molecule has 2 aromatic carbocycles. The van der Waals surface area contributed by atoms with Crippen molar-refractivity contribution in [3.05, 3.63) is 70.6 Å². The SMILES string of the molecule is CN(C)C(=O)c1ccc(-c2nnc(C3CCN(C(=O)[C@@](C)(O)c4ccccc4)CC3)o2)cc1Cl. The molecule has 0 bridgehead atoms. The van der Waals surface area contributed by atoms with E-state index in [1.165, 1.54) is 11.8 Å². The van der Waals surface area contributed by atoms with Crippen molar-refractivity contribution in [2.24, 2.45) is 0 Å². The Bertz CT molecular complexity index is 1180. The predicted octanol–water partition coefficient (Wildman–Crippen LogP) is 3.71. The molecule has 1 aromatic heterocycles. The number of aliphatic hydroxyl groups is 1. The summed E-state index contributed by atoms with van der Waals surface area (Å²) in [6.07, 6.45) is 1.30. The molecular weight excluding hydrogens is 456 g/mol. The van der Waals surface area contributed by atoms with Crippen molar-refractivity contribution in [3.8, 4) is 11.5 Å². The van der Waals surface area contributed by atoms with Gasteiger partial charge in [0.05, 0.1) is 10.6 Å². The van der Waals surface area contributed by atoms with Crippen LogP contribution >= 0.6 is 11.6 Å². The summed E-state index contributed by atoms with van der Waals surface area (Å²) in [7, 11) is 3.33. The number of amides is 2. The summed E-state index contributed by atoms with van der Waals surface area (Å²) >= 11 is 6.31. The molecule has 34 heavy (non-hydrogen) atoms. The summed E-state index contributed by atoms with van der Waals surface area (Å²) in [5.74, 6) is 0.338. The molecule has 1 fully saturated rings. The number of benzene rings is 2. The maximum atomic E-state index is 13.0. The molecule has 0 unspecified atom stereocenters. The molecule has 0 aliphatic carbocycles. The summed E-state index contributed by atoms with van der Waals surface area (Å²) in [5, 5.41) is 19.5. The smallest absolute Gasteiger partial charge is 0.258 e. The Labute approximate surface area is 203 Å². The second-order valence-corrected chi connectivity index (χ2v) is 9.25. The predicted molar refractivity (Wildman–Crippen MR) is 127 cm³/mol. The van der Waals surface area contributed by atoms with Gasteiger partial charge in [0.1, 0.15) is 0 Å². The fourth-order valence-electron chi connectivity index (χ4n) is 4.10. The van der Waals surface area contributed by atoms with E-state index in [1.807, 2.05) is 6.07 Å². The average molecular weight is 483 g/mol. The van der Waals surface area contributed by atoms with Crippen molar-refractivity contribution in [2.45, 2.75) is 31.3 Å². The second kappa shape index (κ2) is 9.56. The maximum absolute atomic E-state index is 13.0. The molecule has 1 N–H and O–H groups in total. The second-order valence-electron chi connectivity index (χ2n) is 8.84. The first kappa shape index (κ1) is 23.9.